The van der Waals surface area contributed by atoms with Crippen LogP contribution in [0.25, 0.3) is 0 Å². The summed E-state index contributed by atoms with van der Waals surface area (Å²) < 4.78 is 0. The van der Waals surface area contributed by atoms with E-state index in [1.807, 2.05) is 32.0 Å². The lowest BCUT2D eigenvalue weighted by atomic mass is 10.2. The van der Waals surface area contributed by atoms with Gasteiger partial charge < -0.3 is 5.73 Å². The van der Waals surface area contributed by atoms with Gasteiger partial charge in [-0.1, -0.05) is 44.2 Å². The topological polar surface area (TPSA) is 60.2 Å². The van der Waals surface area contributed by atoms with Crippen LogP contribution >= 0.6 is 0 Å². The van der Waals surface area contributed by atoms with Gasteiger partial charge in [0.05, 0.1) is 0 Å². The fourth-order valence-electron chi connectivity index (χ4n) is 0.532. The molecule has 0 atom stereocenters. The minimum Gasteiger partial charge on any atom is -0.372 e. The molecule has 0 aliphatic rings. The normalized spacial score (nSPS) is 6.62. The molecule has 0 heterocycles. The highest BCUT2D eigenvalue weighted by Gasteiger charge is 1.79. The van der Waals surface area contributed by atoms with Gasteiger partial charge in [0.25, 0.3) is 0 Å². The van der Waals surface area contributed by atoms with Crippen LogP contribution in [0.2, 0.25) is 0 Å². The molecule has 0 spiro atoms. The molecule has 0 unspecified atom stereocenters. The minimum absolute atomic E-state index is 0.250. The van der Waals surface area contributed by atoms with Crippen molar-refractivity contribution in [2.45, 2.75) is 13.8 Å². The second-order valence-corrected chi connectivity index (χ2v) is 1.66. The molecule has 0 bridgehead atoms. The Kier molecular flexibility index (Phi) is 13.9. The van der Waals surface area contributed by atoms with E-state index in [4.69, 9.17) is 4.79 Å². The summed E-state index contributed by atoms with van der Waals surface area (Å²) in [6, 6.07) is 9.10. The van der Waals surface area contributed by atoms with Crippen molar-refractivity contribution in [3.8, 4) is 0 Å². The molecule has 3 nitrogen and oxygen atoms in total. The molecular weight excluding hydrogens is 166 g/mol. The van der Waals surface area contributed by atoms with E-state index < -0.39 is 0 Å². The van der Waals surface area contributed by atoms with Crippen LogP contribution in [0.5, 0.6) is 0 Å². The quantitative estimate of drug-likeness (QED) is 0.669. The fraction of sp³-hybridized carbons (Fsp3) is 0.200. The molecule has 3 heteroatoms. The van der Waals surface area contributed by atoms with Gasteiger partial charge in [0.15, 0.2) is 0 Å². The van der Waals surface area contributed by atoms with Crippen molar-refractivity contribution in [1.82, 2.24) is 0 Å². The maximum Gasteiger partial charge on any atom is 0.204 e. The summed E-state index contributed by atoms with van der Waals surface area (Å²) in [4.78, 5) is 18.6. The zero-order chi connectivity index (χ0) is 10.5. The summed E-state index contributed by atoms with van der Waals surface area (Å²) in [6.07, 6.45) is 1.08. The number of benzene rings is 1. The molecule has 72 valence electrons. The van der Waals surface area contributed by atoms with Crippen LogP contribution < -0.4 is 5.73 Å². The summed E-state index contributed by atoms with van der Waals surface area (Å²) in [5, 5.41) is 0. The van der Waals surface area contributed by atoms with Crippen molar-refractivity contribution in [1.29, 1.82) is 0 Å². The lowest BCUT2D eigenvalue weighted by molar-refractivity contribution is -0.106. The first kappa shape index (κ1) is 13.9. The van der Waals surface area contributed by atoms with Gasteiger partial charge in [0.1, 0.15) is 6.29 Å². The Balaban J connectivity index is 0. The van der Waals surface area contributed by atoms with Crippen molar-refractivity contribution in [2.75, 3.05) is 0 Å². The Hall–Kier alpha value is -1.64. The number of hydrogen-bond donors (Lipinski definition) is 1. The third kappa shape index (κ3) is 10.4. The van der Waals surface area contributed by atoms with Gasteiger partial charge in [-0.15, -0.1) is 0 Å². The van der Waals surface area contributed by atoms with E-state index in [0.717, 1.165) is 11.8 Å². The number of primary amides is 1. The first-order valence-corrected chi connectivity index (χ1v) is 4.00. The molecule has 0 aliphatic carbocycles. The van der Waals surface area contributed by atoms with Crippen LogP contribution in [0, 0.1) is 0 Å². The van der Waals surface area contributed by atoms with Crippen molar-refractivity contribution in [2.24, 2.45) is 5.73 Å². The monoisotopic (exact) mass is 181 g/mol. The molecule has 0 saturated carbocycles. The van der Waals surface area contributed by atoms with E-state index in [1.54, 1.807) is 12.1 Å². The van der Waals surface area contributed by atoms with Crippen LogP contribution in [-0.4, -0.2) is 12.7 Å². The first-order chi connectivity index (χ1) is 6.35. The Morgan fingerprint density at radius 1 is 1.08 bits per heavy atom. The number of hydrogen-bond acceptors (Lipinski definition) is 2. The predicted octanol–water partition coefficient (Wildman–Crippen LogP) is 1.63. The minimum atomic E-state index is 0.250. The fourth-order valence-corrected chi connectivity index (χ4v) is 0.532. The van der Waals surface area contributed by atoms with E-state index >= 15 is 0 Å². The third-order valence-corrected chi connectivity index (χ3v) is 0.936. The van der Waals surface area contributed by atoms with Gasteiger partial charge in [-0.3, -0.25) is 9.59 Å². The molecule has 0 fully saturated rings. The Morgan fingerprint density at radius 3 is 1.69 bits per heavy atom. The Labute approximate surface area is 78.6 Å². The molecule has 0 radical (unpaired) electrons. The van der Waals surface area contributed by atoms with Crippen LogP contribution in [0.4, 0.5) is 0 Å². The maximum atomic E-state index is 10.0. The summed E-state index contributed by atoms with van der Waals surface area (Å²) in [6.45, 7) is 4.00. The standard InChI is InChI=1S/C7H6O.C2H6.CH3NO/c8-6-7-4-2-1-3-5-7;1-2;2-1-3/h1-6H;1-2H3;1H,(H2,2,3). The average molecular weight is 181 g/mol. The molecule has 0 aliphatic heterocycles. The van der Waals surface area contributed by atoms with Crippen LogP contribution in [-0.2, 0) is 4.79 Å². The van der Waals surface area contributed by atoms with Gasteiger partial charge in [0, 0.05) is 5.56 Å². The third-order valence-electron chi connectivity index (χ3n) is 0.936. The van der Waals surface area contributed by atoms with Crippen LogP contribution in [0.3, 0.4) is 0 Å². The van der Waals surface area contributed by atoms with Crippen LogP contribution in [0.1, 0.15) is 24.2 Å². The summed E-state index contributed by atoms with van der Waals surface area (Å²) in [7, 11) is 0. The summed E-state index contributed by atoms with van der Waals surface area (Å²) in [5.74, 6) is 0. The highest BCUT2D eigenvalue weighted by atomic mass is 16.1. The first-order valence-electron chi connectivity index (χ1n) is 4.00. The molecule has 1 amide bonds. The Morgan fingerprint density at radius 2 is 1.46 bits per heavy atom. The second kappa shape index (κ2) is 13.0. The zero-order valence-corrected chi connectivity index (χ0v) is 7.94. The van der Waals surface area contributed by atoms with E-state index in [0.29, 0.717) is 0 Å². The van der Waals surface area contributed by atoms with Crippen molar-refractivity contribution in [3.05, 3.63) is 35.9 Å². The molecule has 0 aromatic heterocycles. The molecule has 1 rings (SSSR count). The average Bonchev–Trinajstić information content (AvgIpc) is 2.23. The van der Waals surface area contributed by atoms with E-state index in [2.05, 4.69) is 5.73 Å². The van der Waals surface area contributed by atoms with Gasteiger partial charge in [0.2, 0.25) is 6.41 Å². The number of rotatable bonds is 1. The number of nitrogens with two attached hydrogens (primary N) is 1. The lowest BCUT2D eigenvalue weighted by Crippen LogP contribution is -1.82. The van der Waals surface area contributed by atoms with Gasteiger partial charge in [-0.2, -0.15) is 0 Å². The van der Waals surface area contributed by atoms with E-state index in [1.165, 1.54) is 0 Å². The molecule has 1 aromatic rings. The van der Waals surface area contributed by atoms with Crippen LogP contribution in [0.15, 0.2) is 30.3 Å². The largest absolute Gasteiger partial charge is 0.372 e. The number of carbonyl (C=O) groups excluding carboxylic acids is 2. The summed E-state index contributed by atoms with van der Waals surface area (Å²) >= 11 is 0. The lowest BCUT2D eigenvalue weighted by Gasteiger charge is -1.81. The van der Waals surface area contributed by atoms with Crippen molar-refractivity contribution < 1.29 is 9.59 Å². The number of aldehydes is 1. The van der Waals surface area contributed by atoms with Gasteiger partial charge in [-0.05, 0) is 0 Å². The van der Waals surface area contributed by atoms with E-state index in [-0.39, 0.29) is 6.41 Å². The molecular formula is C10H15NO2. The highest BCUT2D eigenvalue weighted by molar-refractivity contribution is 5.74. The Bertz CT molecular complexity index is 209. The van der Waals surface area contributed by atoms with Crippen molar-refractivity contribution in [3.63, 3.8) is 0 Å². The number of amides is 1. The van der Waals surface area contributed by atoms with Crippen molar-refractivity contribution >= 4 is 12.7 Å². The highest BCUT2D eigenvalue weighted by Crippen LogP contribution is 1.91. The van der Waals surface area contributed by atoms with Gasteiger partial charge >= 0.3 is 0 Å². The second-order valence-electron chi connectivity index (χ2n) is 1.66. The maximum absolute atomic E-state index is 10.0. The predicted molar refractivity (Wildman–Crippen MR) is 53.4 cm³/mol. The smallest absolute Gasteiger partial charge is 0.204 e. The van der Waals surface area contributed by atoms with E-state index in [9.17, 15) is 4.79 Å². The zero-order valence-electron chi connectivity index (χ0n) is 7.94. The summed E-state index contributed by atoms with van der Waals surface area (Å²) in [5.41, 5.74) is 4.90. The number of carbonyl (C=O) groups is 2. The molecule has 13 heavy (non-hydrogen) atoms. The molecule has 1 aromatic carbocycles. The SMILES string of the molecule is CC.NC=O.O=Cc1ccccc1. The molecule has 2 N–H and O–H groups in total. The van der Waals surface area contributed by atoms with Gasteiger partial charge in [-0.25, -0.2) is 0 Å². The molecule has 0 saturated heterocycles.